The highest BCUT2D eigenvalue weighted by molar-refractivity contribution is 6.23. The van der Waals surface area contributed by atoms with Crippen molar-refractivity contribution in [2.45, 2.75) is 0 Å². The molecule has 0 bridgehead atoms. The third-order valence-corrected chi connectivity index (χ3v) is 5.01. The van der Waals surface area contributed by atoms with Gasteiger partial charge in [0.2, 0.25) is 11.8 Å². The summed E-state index contributed by atoms with van der Waals surface area (Å²) in [5, 5.41) is 9.33. The summed E-state index contributed by atoms with van der Waals surface area (Å²) in [7, 11) is 1.51. The van der Waals surface area contributed by atoms with Crippen molar-refractivity contribution in [3.05, 3.63) is 76.8 Å². The predicted molar refractivity (Wildman–Crippen MR) is 114 cm³/mol. The normalized spacial score (nSPS) is 15.9. The minimum atomic E-state index is -1.27. The van der Waals surface area contributed by atoms with E-state index in [4.69, 9.17) is 0 Å². The standard InChI is InChI=1S/C22H18FN5O4/c1-27-19(29)11-10-17(26-27)13-6-2-4-8-16(13)25-20(30)14-12-24-22(32)28(21(14)31)18-9-5-3-7-15(18)23/h2-11,14H,12H2,1H3,(H,24,32)(H,25,30). The van der Waals surface area contributed by atoms with Crippen molar-refractivity contribution in [1.82, 2.24) is 15.1 Å². The lowest BCUT2D eigenvalue weighted by atomic mass is 10.0. The van der Waals surface area contributed by atoms with Gasteiger partial charge in [0.15, 0.2) is 0 Å². The molecule has 1 aromatic heterocycles. The molecule has 2 heterocycles. The Labute approximate surface area is 181 Å². The number of carbonyl (C=O) groups excluding carboxylic acids is 3. The molecule has 1 aliphatic heterocycles. The number of imide groups is 1. The summed E-state index contributed by atoms with van der Waals surface area (Å²) in [5.74, 6) is -3.54. The van der Waals surface area contributed by atoms with E-state index >= 15 is 0 Å². The molecule has 0 aliphatic carbocycles. The Morgan fingerprint density at radius 1 is 1.06 bits per heavy atom. The number of anilines is 2. The molecular formula is C22H18FN5O4. The van der Waals surface area contributed by atoms with Crippen LogP contribution < -0.4 is 21.1 Å². The molecule has 162 valence electrons. The highest BCUT2D eigenvalue weighted by Gasteiger charge is 2.40. The van der Waals surface area contributed by atoms with Gasteiger partial charge in [-0.2, -0.15) is 5.10 Å². The van der Waals surface area contributed by atoms with E-state index in [1.54, 1.807) is 24.3 Å². The number of para-hydroxylation sites is 2. The zero-order valence-electron chi connectivity index (χ0n) is 16.9. The van der Waals surface area contributed by atoms with Gasteiger partial charge in [-0.25, -0.2) is 18.8 Å². The van der Waals surface area contributed by atoms with Crippen molar-refractivity contribution >= 4 is 29.2 Å². The third-order valence-electron chi connectivity index (χ3n) is 5.01. The Bertz CT molecular complexity index is 1290. The molecule has 0 spiro atoms. The zero-order valence-corrected chi connectivity index (χ0v) is 16.9. The van der Waals surface area contributed by atoms with Gasteiger partial charge in [-0.3, -0.25) is 14.4 Å². The summed E-state index contributed by atoms with van der Waals surface area (Å²) in [4.78, 5) is 50.4. The van der Waals surface area contributed by atoms with E-state index in [1.165, 1.54) is 42.1 Å². The van der Waals surface area contributed by atoms with Crippen molar-refractivity contribution in [2.24, 2.45) is 13.0 Å². The summed E-state index contributed by atoms with van der Waals surface area (Å²) in [6.07, 6.45) is 0. The van der Waals surface area contributed by atoms with Crippen LogP contribution in [-0.4, -0.2) is 34.2 Å². The van der Waals surface area contributed by atoms with E-state index < -0.39 is 29.6 Å². The molecule has 1 unspecified atom stereocenters. The van der Waals surface area contributed by atoms with Crippen LogP contribution in [-0.2, 0) is 16.6 Å². The van der Waals surface area contributed by atoms with Crippen molar-refractivity contribution < 1.29 is 18.8 Å². The number of carbonyl (C=O) groups is 3. The fraction of sp³-hybridized carbons (Fsp3) is 0.136. The molecule has 0 saturated carbocycles. The third kappa shape index (κ3) is 3.85. The quantitative estimate of drug-likeness (QED) is 0.608. The van der Waals surface area contributed by atoms with Gasteiger partial charge < -0.3 is 10.6 Å². The summed E-state index contributed by atoms with van der Waals surface area (Å²) >= 11 is 0. The molecule has 2 aromatic carbocycles. The fourth-order valence-electron chi connectivity index (χ4n) is 3.36. The van der Waals surface area contributed by atoms with Gasteiger partial charge in [0, 0.05) is 25.2 Å². The van der Waals surface area contributed by atoms with Crippen LogP contribution >= 0.6 is 0 Å². The molecule has 1 fully saturated rings. The van der Waals surface area contributed by atoms with Crippen molar-refractivity contribution in [2.75, 3.05) is 16.8 Å². The first-order valence-corrected chi connectivity index (χ1v) is 9.68. The SMILES string of the molecule is Cn1nc(-c2ccccc2NC(=O)C2CNC(=O)N(c3ccccc3F)C2=O)ccc1=O. The fourth-order valence-corrected chi connectivity index (χ4v) is 3.36. The van der Waals surface area contributed by atoms with Crippen molar-refractivity contribution in [3.63, 3.8) is 0 Å². The average molecular weight is 435 g/mol. The molecule has 4 rings (SSSR count). The number of aryl methyl sites for hydroxylation is 1. The minimum Gasteiger partial charge on any atom is -0.336 e. The number of nitrogens with zero attached hydrogens (tertiary/aromatic N) is 3. The molecule has 3 aromatic rings. The Kier molecular flexibility index (Phi) is 5.50. The van der Waals surface area contributed by atoms with Gasteiger partial charge >= 0.3 is 6.03 Å². The number of halogens is 1. The largest absolute Gasteiger partial charge is 0.336 e. The van der Waals surface area contributed by atoms with Gasteiger partial charge in [0.1, 0.15) is 11.7 Å². The lowest BCUT2D eigenvalue weighted by Crippen LogP contribution is -2.58. The van der Waals surface area contributed by atoms with Gasteiger partial charge in [-0.15, -0.1) is 0 Å². The Morgan fingerprint density at radius 2 is 1.78 bits per heavy atom. The van der Waals surface area contributed by atoms with E-state index in [0.29, 0.717) is 21.8 Å². The van der Waals surface area contributed by atoms with Crippen molar-refractivity contribution in [1.29, 1.82) is 0 Å². The number of hydrogen-bond donors (Lipinski definition) is 2. The van der Waals surface area contributed by atoms with Crippen LogP contribution in [0, 0.1) is 11.7 Å². The number of aromatic nitrogens is 2. The van der Waals surface area contributed by atoms with Gasteiger partial charge in [-0.05, 0) is 24.3 Å². The summed E-state index contributed by atoms with van der Waals surface area (Å²) in [5.41, 5.74) is 0.828. The second kappa shape index (κ2) is 8.42. The monoisotopic (exact) mass is 435 g/mol. The maximum Gasteiger partial charge on any atom is 0.328 e. The second-order valence-electron chi connectivity index (χ2n) is 7.08. The first-order chi connectivity index (χ1) is 15.4. The van der Waals surface area contributed by atoms with E-state index in [-0.39, 0.29) is 17.8 Å². The number of nitrogens with one attached hydrogen (secondary N) is 2. The molecule has 32 heavy (non-hydrogen) atoms. The first-order valence-electron chi connectivity index (χ1n) is 9.68. The predicted octanol–water partition coefficient (Wildman–Crippen LogP) is 1.90. The minimum absolute atomic E-state index is 0.227. The van der Waals surface area contributed by atoms with Crippen LogP contribution in [0.1, 0.15) is 0 Å². The summed E-state index contributed by atoms with van der Waals surface area (Å²) < 4.78 is 15.4. The summed E-state index contributed by atoms with van der Waals surface area (Å²) in [6, 6.07) is 14.2. The highest BCUT2D eigenvalue weighted by atomic mass is 19.1. The second-order valence-corrected chi connectivity index (χ2v) is 7.08. The molecule has 10 heteroatoms. The van der Waals surface area contributed by atoms with Crippen LogP contribution in [0.3, 0.4) is 0 Å². The maximum atomic E-state index is 14.2. The Morgan fingerprint density at radius 3 is 2.53 bits per heavy atom. The van der Waals surface area contributed by atoms with Crippen LogP contribution in [0.25, 0.3) is 11.3 Å². The number of urea groups is 1. The highest BCUT2D eigenvalue weighted by Crippen LogP contribution is 2.27. The van der Waals surface area contributed by atoms with E-state index in [0.717, 1.165) is 6.07 Å². The molecule has 1 saturated heterocycles. The Balaban J connectivity index is 1.62. The number of rotatable bonds is 4. The molecule has 1 atom stereocenters. The average Bonchev–Trinajstić information content (AvgIpc) is 2.77. The zero-order chi connectivity index (χ0) is 22.8. The molecular weight excluding hydrogens is 417 g/mol. The molecule has 1 aliphatic rings. The van der Waals surface area contributed by atoms with Gasteiger partial charge in [0.05, 0.1) is 17.1 Å². The number of hydrogen-bond acceptors (Lipinski definition) is 5. The van der Waals surface area contributed by atoms with Crippen molar-refractivity contribution in [3.8, 4) is 11.3 Å². The lowest BCUT2D eigenvalue weighted by Gasteiger charge is -2.30. The van der Waals surface area contributed by atoms with Gasteiger partial charge in [0.25, 0.3) is 5.56 Å². The van der Waals surface area contributed by atoms with E-state index in [1.807, 2.05) is 0 Å². The molecule has 2 N–H and O–H groups in total. The number of amides is 4. The smallest absolute Gasteiger partial charge is 0.328 e. The van der Waals surface area contributed by atoms with E-state index in [2.05, 4.69) is 15.7 Å². The maximum absolute atomic E-state index is 14.2. The summed E-state index contributed by atoms with van der Waals surface area (Å²) in [6.45, 7) is -0.227. The van der Waals surface area contributed by atoms with E-state index in [9.17, 15) is 23.6 Å². The Hall–Kier alpha value is -4.34. The topological polar surface area (TPSA) is 113 Å². The lowest BCUT2D eigenvalue weighted by molar-refractivity contribution is -0.130. The molecule has 0 radical (unpaired) electrons. The van der Waals surface area contributed by atoms with Crippen LogP contribution in [0.15, 0.2) is 65.5 Å². The van der Waals surface area contributed by atoms with Crippen LogP contribution in [0.5, 0.6) is 0 Å². The van der Waals surface area contributed by atoms with Crippen LogP contribution in [0.4, 0.5) is 20.6 Å². The van der Waals surface area contributed by atoms with Crippen LogP contribution in [0.2, 0.25) is 0 Å². The molecule has 4 amide bonds. The molecule has 9 nitrogen and oxygen atoms in total. The van der Waals surface area contributed by atoms with Gasteiger partial charge in [-0.1, -0.05) is 30.3 Å². The first kappa shape index (κ1) is 20.9. The number of benzene rings is 2.